The van der Waals surface area contributed by atoms with Crippen molar-refractivity contribution in [2.45, 2.75) is 39.2 Å². The van der Waals surface area contributed by atoms with Crippen molar-refractivity contribution in [3.8, 4) is 0 Å². The lowest BCUT2D eigenvalue weighted by molar-refractivity contribution is -0.143. The Balaban J connectivity index is 1.67. The van der Waals surface area contributed by atoms with E-state index in [4.69, 9.17) is 5.11 Å². The Morgan fingerprint density at radius 2 is 2.17 bits per heavy atom. The van der Waals surface area contributed by atoms with Crippen LogP contribution in [0.4, 0.5) is 0 Å². The van der Waals surface area contributed by atoms with Crippen molar-refractivity contribution in [1.29, 1.82) is 0 Å². The van der Waals surface area contributed by atoms with E-state index in [0.29, 0.717) is 5.92 Å². The lowest BCUT2D eigenvalue weighted by atomic mass is 9.82. The van der Waals surface area contributed by atoms with Crippen molar-refractivity contribution >= 4 is 17.3 Å². The van der Waals surface area contributed by atoms with Gasteiger partial charge in [0.05, 0.1) is 5.92 Å². The summed E-state index contributed by atoms with van der Waals surface area (Å²) in [6.45, 7) is 4.11. The van der Waals surface area contributed by atoms with E-state index in [1.807, 2.05) is 0 Å². The second-order valence-corrected chi connectivity index (χ2v) is 6.21. The van der Waals surface area contributed by atoms with Gasteiger partial charge in [-0.05, 0) is 62.1 Å². The third-order valence-corrected chi connectivity index (χ3v) is 4.91. The summed E-state index contributed by atoms with van der Waals surface area (Å²) in [5, 5.41) is 14.6. The molecule has 2 rings (SSSR count). The van der Waals surface area contributed by atoms with Crippen molar-refractivity contribution in [1.82, 2.24) is 5.32 Å². The first-order valence-corrected chi connectivity index (χ1v) is 7.51. The molecule has 100 valence electrons. The van der Waals surface area contributed by atoms with Gasteiger partial charge in [0, 0.05) is 11.4 Å². The Hall–Kier alpha value is -0.870. The molecule has 1 fully saturated rings. The highest BCUT2D eigenvalue weighted by Crippen LogP contribution is 2.28. The van der Waals surface area contributed by atoms with Gasteiger partial charge in [0.1, 0.15) is 0 Å². The van der Waals surface area contributed by atoms with Crippen LogP contribution in [-0.4, -0.2) is 17.6 Å². The molecule has 0 bridgehead atoms. The summed E-state index contributed by atoms with van der Waals surface area (Å²) in [4.78, 5) is 12.3. The molecule has 1 aromatic rings. The highest BCUT2D eigenvalue weighted by molar-refractivity contribution is 7.10. The molecule has 0 unspecified atom stereocenters. The SMILES string of the molecule is Cc1ccsc1CNCC1CCC(C(=O)O)CC1. The first-order valence-electron chi connectivity index (χ1n) is 6.63. The fourth-order valence-corrected chi connectivity index (χ4v) is 3.46. The molecule has 0 saturated heterocycles. The summed E-state index contributed by atoms with van der Waals surface area (Å²) in [6, 6.07) is 2.15. The largest absolute Gasteiger partial charge is 0.481 e. The van der Waals surface area contributed by atoms with E-state index in [1.54, 1.807) is 11.3 Å². The molecule has 1 heterocycles. The van der Waals surface area contributed by atoms with Crippen LogP contribution in [0.5, 0.6) is 0 Å². The minimum atomic E-state index is -0.615. The molecule has 1 aliphatic rings. The van der Waals surface area contributed by atoms with E-state index in [0.717, 1.165) is 38.8 Å². The number of hydrogen-bond acceptors (Lipinski definition) is 3. The number of thiophene rings is 1. The number of carboxylic acid groups (broad SMARTS) is 1. The Bertz CT molecular complexity index is 394. The van der Waals surface area contributed by atoms with Crippen molar-refractivity contribution < 1.29 is 9.90 Å². The molecule has 0 aliphatic heterocycles. The summed E-state index contributed by atoms with van der Waals surface area (Å²) in [5.41, 5.74) is 1.36. The molecule has 18 heavy (non-hydrogen) atoms. The molecule has 1 saturated carbocycles. The van der Waals surface area contributed by atoms with Crippen LogP contribution in [0, 0.1) is 18.8 Å². The van der Waals surface area contributed by atoms with Crippen molar-refractivity contribution in [3.63, 3.8) is 0 Å². The highest BCUT2D eigenvalue weighted by atomic mass is 32.1. The van der Waals surface area contributed by atoms with Gasteiger partial charge in [-0.1, -0.05) is 0 Å². The number of carbonyl (C=O) groups is 1. The van der Waals surface area contributed by atoms with Gasteiger partial charge in [-0.25, -0.2) is 0 Å². The van der Waals surface area contributed by atoms with Crippen LogP contribution in [0.3, 0.4) is 0 Å². The fraction of sp³-hybridized carbons (Fsp3) is 0.643. The van der Waals surface area contributed by atoms with Gasteiger partial charge in [-0.2, -0.15) is 0 Å². The summed E-state index contributed by atoms with van der Waals surface area (Å²) >= 11 is 1.80. The van der Waals surface area contributed by atoms with Crippen molar-refractivity contribution in [2.24, 2.45) is 11.8 Å². The fourth-order valence-electron chi connectivity index (χ4n) is 2.59. The predicted octanol–water partition coefficient (Wildman–Crippen LogP) is 3.04. The molecule has 1 aromatic heterocycles. The summed E-state index contributed by atoms with van der Waals surface area (Å²) in [6.07, 6.45) is 3.79. The number of hydrogen-bond donors (Lipinski definition) is 2. The van der Waals surface area contributed by atoms with Crippen LogP contribution in [-0.2, 0) is 11.3 Å². The number of rotatable bonds is 5. The lowest BCUT2D eigenvalue weighted by Crippen LogP contribution is -2.28. The van der Waals surface area contributed by atoms with E-state index in [2.05, 4.69) is 23.7 Å². The van der Waals surface area contributed by atoms with Crippen LogP contribution in [0.25, 0.3) is 0 Å². The Labute approximate surface area is 112 Å². The second-order valence-electron chi connectivity index (χ2n) is 5.21. The number of nitrogens with one attached hydrogen (secondary N) is 1. The molecule has 2 N–H and O–H groups in total. The Morgan fingerprint density at radius 3 is 2.72 bits per heavy atom. The molecular weight excluding hydrogens is 246 g/mol. The zero-order valence-electron chi connectivity index (χ0n) is 10.8. The third kappa shape index (κ3) is 3.56. The average molecular weight is 267 g/mol. The molecule has 0 atom stereocenters. The van der Waals surface area contributed by atoms with Gasteiger partial charge in [0.2, 0.25) is 0 Å². The van der Waals surface area contributed by atoms with E-state index in [9.17, 15) is 4.79 Å². The molecular formula is C14H21NO2S. The second kappa shape index (κ2) is 6.34. The van der Waals surface area contributed by atoms with Gasteiger partial charge >= 0.3 is 5.97 Å². The standard InChI is InChI=1S/C14H21NO2S/c1-10-6-7-18-13(10)9-15-8-11-2-4-12(5-3-11)14(16)17/h6-7,11-12,15H,2-5,8-9H2,1H3,(H,16,17). The minimum absolute atomic E-state index is 0.0965. The maximum atomic E-state index is 10.9. The number of aryl methyl sites for hydroxylation is 1. The monoisotopic (exact) mass is 267 g/mol. The van der Waals surface area contributed by atoms with Crippen LogP contribution < -0.4 is 5.32 Å². The van der Waals surface area contributed by atoms with E-state index >= 15 is 0 Å². The van der Waals surface area contributed by atoms with Gasteiger partial charge in [0.25, 0.3) is 0 Å². The van der Waals surface area contributed by atoms with Crippen molar-refractivity contribution in [2.75, 3.05) is 6.54 Å². The van der Waals surface area contributed by atoms with Crippen LogP contribution in [0.15, 0.2) is 11.4 Å². The van der Waals surface area contributed by atoms with Gasteiger partial charge in [-0.15, -0.1) is 11.3 Å². The smallest absolute Gasteiger partial charge is 0.306 e. The maximum absolute atomic E-state index is 10.9. The molecule has 0 spiro atoms. The summed E-state index contributed by atoms with van der Waals surface area (Å²) in [7, 11) is 0. The maximum Gasteiger partial charge on any atom is 0.306 e. The van der Waals surface area contributed by atoms with Gasteiger partial charge < -0.3 is 10.4 Å². The van der Waals surface area contributed by atoms with E-state index in [-0.39, 0.29) is 5.92 Å². The molecule has 3 nitrogen and oxygen atoms in total. The predicted molar refractivity (Wildman–Crippen MR) is 73.8 cm³/mol. The van der Waals surface area contributed by atoms with Crippen LogP contribution in [0.1, 0.15) is 36.1 Å². The first-order chi connectivity index (χ1) is 8.66. The lowest BCUT2D eigenvalue weighted by Gasteiger charge is -2.26. The normalized spacial score (nSPS) is 24.1. The zero-order valence-corrected chi connectivity index (χ0v) is 11.6. The van der Waals surface area contributed by atoms with Gasteiger partial charge in [-0.3, -0.25) is 4.79 Å². The molecule has 1 aliphatic carbocycles. The zero-order chi connectivity index (χ0) is 13.0. The highest BCUT2D eigenvalue weighted by Gasteiger charge is 2.25. The average Bonchev–Trinajstić information content (AvgIpc) is 2.76. The quantitative estimate of drug-likeness (QED) is 0.862. The minimum Gasteiger partial charge on any atom is -0.481 e. The topological polar surface area (TPSA) is 49.3 Å². The van der Waals surface area contributed by atoms with Crippen LogP contribution in [0.2, 0.25) is 0 Å². The molecule has 4 heteroatoms. The number of aliphatic carboxylic acids is 1. The Kier molecular flexibility index (Phi) is 4.78. The third-order valence-electron chi connectivity index (χ3n) is 3.88. The van der Waals surface area contributed by atoms with Crippen molar-refractivity contribution in [3.05, 3.63) is 21.9 Å². The van der Waals surface area contributed by atoms with E-state index < -0.39 is 5.97 Å². The molecule has 0 radical (unpaired) electrons. The van der Waals surface area contributed by atoms with E-state index in [1.165, 1.54) is 10.4 Å². The summed E-state index contributed by atoms with van der Waals surface area (Å²) in [5.74, 6) is -0.0581. The summed E-state index contributed by atoms with van der Waals surface area (Å²) < 4.78 is 0. The van der Waals surface area contributed by atoms with Crippen LogP contribution >= 0.6 is 11.3 Å². The number of carboxylic acids is 1. The molecule has 0 amide bonds. The molecule has 0 aromatic carbocycles. The first kappa shape index (κ1) is 13.6. The Morgan fingerprint density at radius 1 is 1.44 bits per heavy atom. The van der Waals surface area contributed by atoms with Gasteiger partial charge in [0.15, 0.2) is 0 Å².